The van der Waals surface area contributed by atoms with Gasteiger partial charge in [0, 0.05) is 18.6 Å². The van der Waals surface area contributed by atoms with Crippen LogP contribution < -0.4 is 16.0 Å². The minimum absolute atomic E-state index is 0. The van der Waals surface area contributed by atoms with E-state index >= 15 is 0 Å². The number of fused-ring (bicyclic) bond motifs is 1. The molecule has 4 atom stereocenters. The molecule has 0 radical (unpaired) electrons. The van der Waals surface area contributed by atoms with Gasteiger partial charge in [0.25, 0.3) is 0 Å². The number of carbonyl (C=O) groups excluding carboxylic acids is 1. The van der Waals surface area contributed by atoms with Gasteiger partial charge in [-0.3, -0.25) is 4.79 Å². The van der Waals surface area contributed by atoms with Crippen LogP contribution in [0.2, 0.25) is 0 Å². The van der Waals surface area contributed by atoms with E-state index in [0.29, 0.717) is 12.1 Å². The third-order valence-electron chi connectivity index (χ3n) is 3.60. The van der Waals surface area contributed by atoms with E-state index in [4.69, 9.17) is 0 Å². The van der Waals surface area contributed by atoms with Crippen LogP contribution >= 0.6 is 12.4 Å². The highest BCUT2D eigenvalue weighted by atomic mass is 35.5. The molecule has 3 rings (SSSR count). The number of hydrogen-bond acceptors (Lipinski definition) is 3. The van der Waals surface area contributed by atoms with Gasteiger partial charge >= 0.3 is 0 Å². The van der Waals surface area contributed by atoms with Gasteiger partial charge < -0.3 is 16.0 Å². The number of piperidine rings is 1. The van der Waals surface area contributed by atoms with Crippen molar-refractivity contribution in [2.24, 2.45) is 5.92 Å². The second-order valence-electron chi connectivity index (χ2n) is 4.76. The molecule has 86 valence electrons. The Balaban J connectivity index is 0.000000853. The molecule has 0 aromatic rings. The summed E-state index contributed by atoms with van der Waals surface area (Å²) in [4.78, 5) is 11.8. The van der Waals surface area contributed by atoms with E-state index in [2.05, 4.69) is 16.0 Å². The largest absolute Gasteiger partial charge is 0.351 e. The summed E-state index contributed by atoms with van der Waals surface area (Å²) < 4.78 is 0. The first-order valence-electron chi connectivity index (χ1n) is 5.60. The molecule has 0 aromatic heterocycles. The second kappa shape index (κ2) is 4.28. The Kier molecular flexibility index (Phi) is 3.19. The fraction of sp³-hybridized carbons (Fsp3) is 0.900. The maximum absolute atomic E-state index is 11.8. The maximum Gasteiger partial charge on any atom is 0.237 e. The van der Waals surface area contributed by atoms with Crippen molar-refractivity contribution in [1.29, 1.82) is 0 Å². The van der Waals surface area contributed by atoms with Crippen molar-refractivity contribution in [3.05, 3.63) is 0 Å². The van der Waals surface area contributed by atoms with E-state index in [9.17, 15) is 4.79 Å². The van der Waals surface area contributed by atoms with Gasteiger partial charge in [-0.2, -0.15) is 0 Å². The average molecular weight is 232 g/mol. The summed E-state index contributed by atoms with van der Waals surface area (Å²) in [5.74, 6) is 1.01. The van der Waals surface area contributed by atoms with Gasteiger partial charge in [-0.25, -0.2) is 0 Å². The molecule has 1 unspecified atom stereocenters. The highest BCUT2D eigenvalue weighted by Gasteiger charge is 2.47. The van der Waals surface area contributed by atoms with E-state index in [-0.39, 0.29) is 24.4 Å². The van der Waals surface area contributed by atoms with Crippen LogP contribution in [0.3, 0.4) is 0 Å². The molecule has 1 aliphatic carbocycles. The second-order valence-corrected chi connectivity index (χ2v) is 4.76. The van der Waals surface area contributed by atoms with E-state index in [0.717, 1.165) is 31.8 Å². The highest BCUT2D eigenvalue weighted by molar-refractivity contribution is 5.85. The Labute approximate surface area is 96.0 Å². The van der Waals surface area contributed by atoms with E-state index in [1.165, 1.54) is 6.42 Å². The first-order valence-corrected chi connectivity index (χ1v) is 5.60. The molecular formula is C10H18ClN3O. The lowest BCUT2D eigenvalue weighted by molar-refractivity contribution is -0.123. The number of hydrogen-bond donors (Lipinski definition) is 3. The van der Waals surface area contributed by atoms with Crippen molar-refractivity contribution >= 4 is 18.3 Å². The van der Waals surface area contributed by atoms with Gasteiger partial charge in [0.05, 0.1) is 6.04 Å². The third-order valence-corrected chi connectivity index (χ3v) is 3.60. The number of carbonyl (C=O) groups is 1. The molecule has 1 amide bonds. The molecule has 5 heteroatoms. The Morgan fingerprint density at radius 2 is 2.20 bits per heavy atom. The minimum atomic E-state index is 0. The number of rotatable bonds is 2. The van der Waals surface area contributed by atoms with Crippen LogP contribution in [-0.2, 0) is 4.79 Å². The average Bonchev–Trinajstić information content (AvgIpc) is 2.68. The van der Waals surface area contributed by atoms with Crippen molar-refractivity contribution in [2.75, 3.05) is 13.1 Å². The van der Waals surface area contributed by atoms with Crippen molar-refractivity contribution < 1.29 is 4.79 Å². The molecule has 3 N–H and O–H groups in total. The lowest BCUT2D eigenvalue weighted by Gasteiger charge is -2.17. The molecule has 1 saturated carbocycles. The van der Waals surface area contributed by atoms with Gasteiger partial charge in [-0.15, -0.1) is 12.4 Å². The number of halogens is 1. The van der Waals surface area contributed by atoms with Gasteiger partial charge in [0.1, 0.15) is 0 Å². The Hall–Kier alpha value is -0.320. The zero-order chi connectivity index (χ0) is 9.54. The summed E-state index contributed by atoms with van der Waals surface area (Å²) in [6.07, 6.45) is 3.41. The normalized spacial score (nSPS) is 41.9. The maximum atomic E-state index is 11.8. The first kappa shape index (κ1) is 11.2. The SMILES string of the molecule is Cl.O=C(NC1CCNC1)[C@@H]1C[C@@H]2C[C@@H]2N1. The quantitative estimate of drug-likeness (QED) is 0.608. The van der Waals surface area contributed by atoms with Gasteiger partial charge in [0.15, 0.2) is 0 Å². The summed E-state index contributed by atoms with van der Waals surface area (Å²) in [5.41, 5.74) is 0. The third kappa shape index (κ3) is 2.27. The summed E-state index contributed by atoms with van der Waals surface area (Å²) in [6, 6.07) is 1.12. The molecule has 3 aliphatic rings. The topological polar surface area (TPSA) is 53.2 Å². The fourth-order valence-corrected chi connectivity index (χ4v) is 2.60. The molecule has 0 bridgehead atoms. The van der Waals surface area contributed by atoms with Gasteiger partial charge in [-0.1, -0.05) is 0 Å². The zero-order valence-electron chi connectivity index (χ0n) is 8.66. The Morgan fingerprint density at radius 3 is 2.80 bits per heavy atom. The summed E-state index contributed by atoms with van der Waals surface area (Å²) in [6.45, 7) is 1.97. The highest BCUT2D eigenvalue weighted by Crippen LogP contribution is 2.40. The van der Waals surface area contributed by atoms with Crippen molar-refractivity contribution in [3.8, 4) is 0 Å². The number of nitrogens with one attached hydrogen (secondary N) is 3. The van der Waals surface area contributed by atoms with Crippen LogP contribution in [0.15, 0.2) is 0 Å². The van der Waals surface area contributed by atoms with E-state index in [1.807, 2.05) is 0 Å². The van der Waals surface area contributed by atoms with Crippen molar-refractivity contribution in [1.82, 2.24) is 16.0 Å². The predicted octanol–water partition coefficient (Wildman–Crippen LogP) is -0.363. The fourth-order valence-electron chi connectivity index (χ4n) is 2.60. The first-order chi connectivity index (χ1) is 6.83. The van der Waals surface area contributed by atoms with Crippen molar-refractivity contribution in [2.45, 2.75) is 37.4 Å². The molecule has 15 heavy (non-hydrogen) atoms. The molecule has 0 spiro atoms. The smallest absolute Gasteiger partial charge is 0.237 e. The molecule has 2 saturated heterocycles. The summed E-state index contributed by atoms with van der Waals surface area (Å²) >= 11 is 0. The molecule has 2 heterocycles. The van der Waals surface area contributed by atoms with E-state index in [1.54, 1.807) is 0 Å². The van der Waals surface area contributed by atoms with Crippen LogP contribution in [0.25, 0.3) is 0 Å². The monoisotopic (exact) mass is 231 g/mol. The van der Waals surface area contributed by atoms with Crippen LogP contribution in [-0.4, -0.2) is 37.1 Å². The van der Waals surface area contributed by atoms with Crippen LogP contribution in [0.1, 0.15) is 19.3 Å². The number of amides is 1. The molecule has 3 fully saturated rings. The molecule has 0 aromatic carbocycles. The van der Waals surface area contributed by atoms with E-state index < -0.39 is 0 Å². The van der Waals surface area contributed by atoms with Gasteiger partial charge in [-0.05, 0) is 31.7 Å². The Bertz CT molecular complexity index is 245. The summed E-state index contributed by atoms with van der Waals surface area (Å²) in [7, 11) is 0. The Morgan fingerprint density at radius 1 is 1.33 bits per heavy atom. The zero-order valence-corrected chi connectivity index (χ0v) is 9.48. The van der Waals surface area contributed by atoms with Crippen LogP contribution in [0.4, 0.5) is 0 Å². The molecule has 4 nitrogen and oxygen atoms in total. The minimum Gasteiger partial charge on any atom is -0.351 e. The van der Waals surface area contributed by atoms with Gasteiger partial charge in [0.2, 0.25) is 5.91 Å². The summed E-state index contributed by atoms with van der Waals surface area (Å²) in [5, 5.41) is 9.72. The molecule has 2 aliphatic heterocycles. The standard InChI is InChI=1S/C10H17N3O.ClH/c14-10(12-7-1-2-11-5-7)9-4-6-3-8(6)13-9;/h6-9,11,13H,1-5H2,(H,12,14);1H/t6-,7?,8-,9-;/m0./s1. The lowest BCUT2D eigenvalue weighted by Crippen LogP contribution is -2.47. The predicted molar refractivity (Wildman–Crippen MR) is 60.1 cm³/mol. The van der Waals surface area contributed by atoms with Crippen LogP contribution in [0, 0.1) is 5.92 Å². The van der Waals surface area contributed by atoms with Crippen LogP contribution in [0.5, 0.6) is 0 Å². The van der Waals surface area contributed by atoms with Crippen molar-refractivity contribution in [3.63, 3.8) is 0 Å². The molecular weight excluding hydrogens is 214 g/mol. The lowest BCUT2D eigenvalue weighted by atomic mass is 10.1.